The van der Waals surface area contributed by atoms with Crippen molar-refractivity contribution in [2.24, 2.45) is 0 Å². The molecular weight excluding hydrogens is 192 g/mol. The van der Waals surface area contributed by atoms with Crippen molar-refractivity contribution in [1.82, 2.24) is 9.55 Å². The summed E-state index contributed by atoms with van der Waals surface area (Å²) in [4.78, 5) is 15.2. The minimum absolute atomic E-state index is 0.0729. The minimum Gasteiger partial charge on any atom is -0.481 e. The van der Waals surface area contributed by atoms with Gasteiger partial charge in [-0.1, -0.05) is 0 Å². The first-order valence-electron chi connectivity index (χ1n) is 5.56. The molecule has 1 aromatic rings. The van der Waals surface area contributed by atoms with Gasteiger partial charge < -0.3 is 9.67 Å². The number of nitrogens with zero attached hydrogens (tertiary/aromatic N) is 2. The van der Waals surface area contributed by atoms with Gasteiger partial charge in [0.15, 0.2) is 0 Å². The molecule has 2 aliphatic rings. The van der Waals surface area contributed by atoms with Crippen LogP contribution in [0.4, 0.5) is 0 Å². The molecule has 0 bridgehead atoms. The molecule has 0 radical (unpaired) electrons. The second-order valence-corrected chi connectivity index (χ2v) is 4.45. The molecule has 0 aliphatic heterocycles. The molecule has 0 spiro atoms. The van der Waals surface area contributed by atoms with Crippen molar-refractivity contribution < 1.29 is 9.90 Å². The Bertz CT molecular complexity index is 418. The van der Waals surface area contributed by atoms with Gasteiger partial charge in [-0.15, -0.1) is 0 Å². The van der Waals surface area contributed by atoms with Crippen LogP contribution in [-0.4, -0.2) is 20.6 Å². The largest absolute Gasteiger partial charge is 0.481 e. The first-order chi connectivity index (χ1) is 7.25. The third-order valence-electron chi connectivity index (χ3n) is 3.21. The van der Waals surface area contributed by atoms with Crippen LogP contribution in [0.1, 0.15) is 42.5 Å². The zero-order chi connectivity index (χ0) is 10.4. The van der Waals surface area contributed by atoms with Gasteiger partial charge in [-0.25, -0.2) is 4.98 Å². The normalized spacial score (nSPS) is 19.2. The molecule has 0 saturated heterocycles. The van der Waals surface area contributed by atoms with Crippen LogP contribution >= 0.6 is 0 Å². The number of carbonyl (C=O) groups is 1. The fourth-order valence-electron chi connectivity index (χ4n) is 2.48. The topological polar surface area (TPSA) is 55.1 Å². The number of imidazole rings is 1. The molecule has 4 heteroatoms. The van der Waals surface area contributed by atoms with Crippen molar-refractivity contribution >= 4 is 5.97 Å². The average molecular weight is 206 g/mol. The first-order valence-corrected chi connectivity index (χ1v) is 5.56. The van der Waals surface area contributed by atoms with E-state index in [1.807, 2.05) is 0 Å². The van der Waals surface area contributed by atoms with Gasteiger partial charge in [-0.2, -0.15) is 0 Å². The number of aromatic nitrogens is 2. The maximum Gasteiger partial charge on any atom is 0.311 e. The zero-order valence-corrected chi connectivity index (χ0v) is 8.57. The van der Waals surface area contributed by atoms with E-state index >= 15 is 0 Å². The van der Waals surface area contributed by atoms with Crippen molar-refractivity contribution in [2.75, 3.05) is 0 Å². The second kappa shape index (κ2) is 3.08. The van der Waals surface area contributed by atoms with Crippen LogP contribution in [0, 0.1) is 0 Å². The zero-order valence-electron chi connectivity index (χ0n) is 8.57. The standard InChI is InChI=1S/C11H14N2O2/c14-11(15)6-10-12-8-2-1-3-9(8)13(10)7-4-5-7/h7H,1-6H2,(H,14,15). The number of aliphatic carboxylic acids is 1. The molecule has 15 heavy (non-hydrogen) atoms. The summed E-state index contributed by atoms with van der Waals surface area (Å²) in [5.41, 5.74) is 2.46. The van der Waals surface area contributed by atoms with Gasteiger partial charge in [0.2, 0.25) is 0 Å². The Morgan fingerprint density at radius 1 is 1.47 bits per heavy atom. The van der Waals surface area contributed by atoms with Crippen molar-refractivity contribution in [3.63, 3.8) is 0 Å². The van der Waals surface area contributed by atoms with Crippen LogP contribution in [0.25, 0.3) is 0 Å². The molecule has 3 rings (SSSR count). The summed E-state index contributed by atoms with van der Waals surface area (Å²) < 4.78 is 2.20. The van der Waals surface area contributed by atoms with Crippen LogP contribution in [0.5, 0.6) is 0 Å². The van der Waals surface area contributed by atoms with Crippen LogP contribution < -0.4 is 0 Å². The molecule has 1 saturated carbocycles. The molecule has 80 valence electrons. The summed E-state index contributed by atoms with van der Waals surface area (Å²) in [5, 5.41) is 8.83. The fraction of sp³-hybridized carbons (Fsp3) is 0.636. The quantitative estimate of drug-likeness (QED) is 0.811. The molecule has 1 fully saturated rings. The molecule has 0 amide bonds. The first kappa shape index (κ1) is 8.95. The lowest BCUT2D eigenvalue weighted by Gasteiger charge is -2.07. The van der Waals surface area contributed by atoms with E-state index < -0.39 is 5.97 Å². The Kier molecular flexibility index (Phi) is 1.84. The average Bonchev–Trinajstić information content (AvgIpc) is 2.78. The Hall–Kier alpha value is -1.32. The maximum absolute atomic E-state index is 10.7. The van der Waals surface area contributed by atoms with Crippen molar-refractivity contribution in [1.29, 1.82) is 0 Å². The van der Waals surface area contributed by atoms with Crippen molar-refractivity contribution in [2.45, 2.75) is 44.6 Å². The minimum atomic E-state index is -0.777. The van der Waals surface area contributed by atoms with E-state index in [0.29, 0.717) is 6.04 Å². The highest BCUT2D eigenvalue weighted by molar-refractivity contribution is 5.69. The summed E-state index contributed by atoms with van der Waals surface area (Å²) in [6, 6.07) is 0.550. The lowest BCUT2D eigenvalue weighted by Crippen LogP contribution is -2.10. The van der Waals surface area contributed by atoms with Crippen LogP contribution in [-0.2, 0) is 24.1 Å². The lowest BCUT2D eigenvalue weighted by atomic mass is 10.3. The van der Waals surface area contributed by atoms with E-state index in [9.17, 15) is 4.79 Å². The van der Waals surface area contributed by atoms with Gasteiger partial charge in [0.1, 0.15) is 12.2 Å². The predicted octanol–water partition coefficient (Wildman–Crippen LogP) is 1.33. The number of hydrogen-bond acceptors (Lipinski definition) is 2. The number of hydrogen-bond donors (Lipinski definition) is 1. The summed E-state index contributed by atoms with van der Waals surface area (Å²) in [6.45, 7) is 0. The SMILES string of the molecule is O=C(O)Cc1nc2c(n1C1CC1)CCC2. The molecule has 0 aromatic carbocycles. The molecule has 0 unspecified atom stereocenters. The van der Waals surface area contributed by atoms with E-state index in [-0.39, 0.29) is 6.42 Å². The highest BCUT2D eigenvalue weighted by Crippen LogP contribution is 2.39. The van der Waals surface area contributed by atoms with Crippen LogP contribution in [0.3, 0.4) is 0 Å². The van der Waals surface area contributed by atoms with E-state index in [1.165, 1.54) is 25.0 Å². The van der Waals surface area contributed by atoms with E-state index in [2.05, 4.69) is 9.55 Å². The van der Waals surface area contributed by atoms with Crippen molar-refractivity contribution in [3.05, 3.63) is 17.2 Å². The summed E-state index contributed by atoms with van der Waals surface area (Å²) in [5.74, 6) is -0.00438. The third kappa shape index (κ3) is 1.44. The smallest absolute Gasteiger partial charge is 0.311 e. The fourth-order valence-corrected chi connectivity index (χ4v) is 2.48. The molecule has 0 atom stereocenters. The molecular formula is C11H14N2O2. The van der Waals surface area contributed by atoms with Crippen molar-refractivity contribution in [3.8, 4) is 0 Å². The summed E-state index contributed by atoms with van der Waals surface area (Å²) >= 11 is 0. The van der Waals surface area contributed by atoms with E-state index in [4.69, 9.17) is 5.11 Å². The summed E-state index contributed by atoms with van der Waals surface area (Å²) in [6.07, 6.45) is 5.74. The highest BCUT2D eigenvalue weighted by Gasteiger charge is 2.32. The maximum atomic E-state index is 10.7. The van der Waals surface area contributed by atoms with Gasteiger partial charge in [0, 0.05) is 11.7 Å². The Labute approximate surface area is 87.9 Å². The third-order valence-corrected chi connectivity index (χ3v) is 3.21. The van der Waals surface area contributed by atoms with E-state index in [1.54, 1.807) is 0 Å². The Morgan fingerprint density at radius 3 is 2.93 bits per heavy atom. The number of fused-ring (bicyclic) bond motifs is 1. The molecule has 1 aromatic heterocycles. The Morgan fingerprint density at radius 2 is 2.27 bits per heavy atom. The molecule has 2 aliphatic carbocycles. The number of carboxylic acid groups (broad SMARTS) is 1. The number of carboxylic acids is 1. The molecule has 1 N–H and O–H groups in total. The predicted molar refractivity (Wildman–Crippen MR) is 53.9 cm³/mol. The van der Waals surface area contributed by atoms with Gasteiger partial charge in [-0.3, -0.25) is 4.79 Å². The Balaban J connectivity index is 2.02. The number of aryl methyl sites for hydroxylation is 1. The van der Waals surface area contributed by atoms with E-state index in [0.717, 1.165) is 24.4 Å². The van der Waals surface area contributed by atoms with Crippen LogP contribution in [0.15, 0.2) is 0 Å². The second-order valence-electron chi connectivity index (χ2n) is 4.45. The monoisotopic (exact) mass is 206 g/mol. The lowest BCUT2D eigenvalue weighted by molar-refractivity contribution is -0.136. The van der Waals surface area contributed by atoms with Crippen LogP contribution in [0.2, 0.25) is 0 Å². The highest BCUT2D eigenvalue weighted by atomic mass is 16.4. The molecule has 1 heterocycles. The number of rotatable bonds is 3. The van der Waals surface area contributed by atoms with Gasteiger partial charge in [0.05, 0.1) is 5.69 Å². The summed E-state index contributed by atoms with van der Waals surface area (Å²) in [7, 11) is 0. The molecule has 4 nitrogen and oxygen atoms in total. The van der Waals surface area contributed by atoms with Gasteiger partial charge in [-0.05, 0) is 32.1 Å². The van der Waals surface area contributed by atoms with Gasteiger partial charge >= 0.3 is 5.97 Å². The van der Waals surface area contributed by atoms with Gasteiger partial charge in [0.25, 0.3) is 0 Å².